The van der Waals surface area contributed by atoms with Crippen LogP contribution in [-0.2, 0) is 11.0 Å². The lowest BCUT2D eigenvalue weighted by Crippen LogP contribution is -2.27. The minimum absolute atomic E-state index is 0.271. The number of carbonyl (C=O) groups excluding carboxylic acids is 1. The van der Waals surface area contributed by atoms with Gasteiger partial charge in [-0.2, -0.15) is 13.2 Å². The zero-order chi connectivity index (χ0) is 12.5. The summed E-state index contributed by atoms with van der Waals surface area (Å²) in [7, 11) is 0. The lowest BCUT2D eigenvalue weighted by Gasteiger charge is -2.13. The molecule has 0 aromatic heterocycles. The zero-order valence-corrected chi connectivity index (χ0v) is 8.79. The van der Waals surface area contributed by atoms with Crippen LogP contribution in [0.15, 0.2) is 24.3 Å². The number of hydrogen-bond donors (Lipinski definition) is 2. The molecule has 1 saturated heterocycles. The molecule has 1 aromatic carbocycles. The SMILES string of the molecule is O=CC1CNC(c2ccc(C(F)(F)F)cc2)N1. The number of rotatable bonds is 2. The number of hydrogen-bond acceptors (Lipinski definition) is 3. The summed E-state index contributed by atoms with van der Waals surface area (Å²) in [6.07, 6.45) is -3.82. The Morgan fingerprint density at radius 2 is 1.88 bits per heavy atom. The third kappa shape index (κ3) is 2.65. The van der Waals surface area contributed by atoms with Crippen LogP contribution in [0.1, 0.15) is 17.3 Å². The van der Waals surface area contributed by atoms with Crippen LogP contribution in [-0.4, -0.2) is 18.9 Å². The summed E-state index contributed by atoms with van der Waals surface area (Å²) in [5.74, 6) is 0. The molecule has 2 unspecified atom stereocenters. The van der Waals surface area contributed by atoms with Gasteiger partial charge in [0.2, 0.25) is 0 Å². The normalized spacial score (nSPS) is 24.9. The van der Waals surface area contributed by atoms with Crippen molar-refractivity contribution in [1.29, 1.82) is 0 Å². The van der Waals surface area contributed by atoms with Gasteiger partial charge in [-0.25, -0.2) is 0 Å². The molecule has 3 nitrogen and oxygen atoms in total. The van der Waals surface area contributed by atoms with E-state index in [4.69, 9.17) is 0 Å². The number of carbonyl (C=O) groups is 1. The summed E-state index contributed by atoms with van der Waals surface area (Å²) in [5.41, 5.74) is 0.00790. The van der Waals surface area contributed by atoms with Gasteiger partial charge >= 0.3 is 6.18 Å². The van der Waals surface area contributed by atoms with Crippen LogP contribution < -0.4 is 10.6 Å². The van der Waals surface area contributed by atoms with Gasteiger partial charge < -0.3 is 4.79 Å². The summed E-state index contributed by atoms with van der Waals surface area (Å²) in [6.45, 7) is 0.481. The molecule has 0 bridgehead atoms. The quantitative estimate of drug-likeness (QED) is 0.774. The molecule has 0 amide bonds. The van der Waals surface area contributed by atoms with Gasteiger partial charge in [0.25, 0.3) is 0 Å². The van der Waals surface area contributed by atoms with E-state index in [0.717, 1.165) is 18.4 Å². The Morgan fingerprint density at radius 3 is 2.35 bits per heavy atom. The van der Waals surface area contributed by atoms with Crippen LogP contribution in [0.3, 0.4) is 0 Å². The molecule has 0 spiro atoms. The molecular formula is C11H11F3N2O. The molecule has 6 heteroatoms. The maximum absolute atomic E-state index is 12.3. The fourth-order valence-corrected chi connectivity index (χ4v) is 1.74. The molecule has 1 fully saturated rings. The van der Waals surface area contributed by atoms with Crippen molar-refractivity contribution in [1.82, 2.24) is 10.6 Å². The molecule has 0 radical (unpaired) electrons. The molecule has 0 saturated carbocycles. The molecule has 0 aliphatic carbocycles. The maximum atomic E-state index is 12.3. The number of alkyl halides is 3. The van der Waals surface area contributed by atoms with E-state index in [0.29, 0.717) is 12.1 Å². The third-order valence-electron chi connectivity index (χ3n) is 2.66. The standard InChI is InChI=1S/C11H11F3N2O/c12-11(13,14)8-3-1-7(2-4-8)10-15-5-9(6-17)16-10/h1-4,6,9-10,15-16H,5H2. The molecule has 1 aliphatic rings. The highest BCUT2D eigenvalue weighted by molar-refractivity contribution is 5.58. The summed E-state index contributed by atoms with van der Waals surface area (Å²) in [4.78, 5) is 10.5. The van der Waals surface area contributed by atoms with Crippen molar-refractivity contribution in [3.8, 4) is 0 Å². The molecule has 2 atom stereocenters. The first kappa shape index (κ1) is 12.1. The van der Waals surface area contributed by atoms with Crippen LogP contribution in [0.2, 0.25) is 0 Å². The Balaban J connectivity index is 2.11. The highest BCUT2D eigenvalue weighted by atomic mass is 19.4. The van der Waals surface area contributed by atoms with E-state index in [9.17, 15) is 18.0 Å². The van der Waals surface area contributed by atoms with Gasteiger partial charge in [0.05, 0.1) is 17.8 Å². The van der Waals surface area contributed by atoms with Crippen molar-refractivity contribution < 1.29 is 18.0 Å². The van der Waals surface area contributed by atoms with Crippen molar-refractivity contribution in [2.24, 2.45) is 0 Å². The first-order valence-corrected chi connectivity index (χ1v) is 5.12. The molecule has 92 valence electrons. The first-order valence-electron chi connectivity index (χ1n) is 5.12. The van der Waals surface area contributed by atoms with Gasteiger partial charge in [-0.05, 0) is 17.7 Å². The Morgan fingerprint density at radius 1 is 1.24 bits per heavy atom. The average molecular weight is 244 g/mol. The Labute approximate surface area is 96.0 Å². The Kier molecular flexibility index (Phi) is 3.17. The van der Waals surface area contributed by atoms with E-state index in [-0.39, 0.29) is 12.2 Å². The van der Waals surface area contributed by atoms with E-state index in [2.05, 4.69) is 10.6 Å². The summed E-state index contributed by atoms with van der Waals surface area (Å²) < 4.78 is 37.0. The Bertz CT molecular complexity index is 402. The van der Waals surface area contributed by atoms with Crippen molar-refractivity contribution in [2.45, 2.75) is 18.4 Å². The number of benzene rings is 1. The predicted molar refractivity (Wildman–Crippen MR) is 55.2 cm³/mol. The molecule has 17 heavy (non-hydrogen) atoms. The van der Waals surface area contributed by atoms with Crippen LogP contribution >= 0.6 is 0 Å². The molecule has 2 rings (SSSR count). The summed E-state index contributed by atoms with van der Waals surface area (Å²) in [6, 6.07) is 4.59. The van der Waals surface area contributed by atoms with Gasteiger partial charge in [-0.3, -0.25) is 10.6 Å². The fourth-order valence-electron chi connectivity index (χ4n) is 1.74. The van der Waals surface area contributed by atoms with Crippen molar-refractivity contribution in [3.05, 3.63) is 35.4 Å². The average Bonchev–Trinajstić information content (AvgIpc) is 2.76. The fraction of sp³-hybridized carbons (Fsp3) is 0.364. The van der Waals surface area contributed by atoms with E-state index < -0.39 is 11.7 Å². The highest BCUT2D eigenvalue weighted by Crippen LogP contribution is 2.29. The van der Waals surface area contributed by atoms with E-state index in [1.165, 1.54) is 12.1 Å². The van der Waals surface area contributed by atoms with Crippen LogP contribution in [0.5, 0.6) is 0 Å². The van der Waals surface area contributed by atoms with Gasteiger partial charge in [-0.1, -0.05) is 12.1 Å². The van der Waals surface area contributed by atoms with E-state index in [1.807, 2.05) is 0 Å². The zero-order valence-electron chi connectivity index (χ0n) is 8.79. The monoisotopic (exact) mass is 244 g/mol. The van der Waals surface area contributed by atoms with Crippen LogP contribution in [0.25, 0.3) is 0 Å². The van der Waals surface area contributed by atoms with E-state index >= 15 is 0 Å². The molecule has 1 heterocycles. The second-order valence-corrected chi connectivity index (χ2v) is 3.87. The second kappa shape index (κ2) is 4.46. The van der Waals surface area contributed by atoms with Crippen LogP contribution in [0, 0.1) is 0 Å². The van der Waals surface area contributed by atoms with Gasteiger partial charge in [0, 0.05) is 6.54 Å². The van der Waals surface area contributed by atoms with Crippen molar-refractivity contribution in [3.63, 3.8) is 0 Å². The number of halogens is 3. The smallest absolute Gasteiger partial charge is 0.302 e. The molecule has 1 aliphatic heterocycles. The predicted octanol–water partition coefficient (Wildman–Crippen LogP) is 1.46. The molecule has 1 aromatic rings. The Hall–Kier alpha value is -1.40. The first-order chi connectivity index (χ1) is 8.00. The van der Waals surface area contributed by atoms with Gasteiger partial charge in [-0.15, -0.1) is 0 Å². The lowest BCUT2D eigenvalue weighted by molar-refractivity contribution is -0.137. The summed E-state index contributed by atoms with van der Waals surface area (Å²) >= 11 is 0. The minimum atomic E-state index is -4.32. The summed E-state index contributed by atoms with van der Waals surface area (Å²) in [5, 5.41) is 5.96. The number of aldehydes is 1. The molecular weight excluding hydrogens is 233 g/mol. The lowest BCUT2D eigenvalue weighted by atomic mass is 10.1. The maximum Gasteiger partial charge on any atom is 0.416 e. The van der Waals surface area contributed by atoms with Gasteiger partial charge in [0.1, 0.15) is 6.29 Å². The molecule has 2 N–H and O–H groups in total. The minimum Gasteiger partial charge on any atom is -0.302 e. The largest absolute Gasteiger partial charge is 0.416 e. The highest BCUT2D eigenvalue weighted by Gasteiger charge is 2.31. The topological polar surface area (TPSA) is 41.1 Å². The van der Waals surface area contributed by atoms with Gasteiger partial charge in [0.15, 0.2) is 0 Å². The van der Waals surface area contributed by atoms with E-state index in [1.54, 1.807) is 0 Å². The second-order valence-electron chi connectivity index (χ2n) is 3.87. The van der Waals surface area contributed by atoms with Crippen LogP contribution in [0.4, 0.5) is 13.2 Å². The van der Waals surface area contributed by atoms with Crippen molar-refractivity contribution in [2.75, 3.05) is 6.54 Å². The number of nitrogens with one attached hydrogen (secondary N) is 2. The third-order valence-corrected chi connectivity index (χ3v) is 2.66. The van der Waals surface area contributed by atoms with Crippen molar-refractivity contribution >= 4 is 6.29 Å².